The Kier molecular flexibility index (Phi) is 3.63. The molecule has 1 aromatic heterocycles. The summed E-state index contributed by atoms with van der Waals surface area (Å²) in [7, 11) is 0. The average Bonchev–Trinajstić information content (AvgIpc) is 2.41. The first-order valence-corrected chi connectivity index (χ1v) is 6.41. The second-order valence-electron chi connectivity index (χ2n) is 5.29. The summed E-state index contributed by atoms with van der Waals surface area (Å²) in [6.07, 6.45) is 1.48. The van der Waals surface area contributed by atoms with Crippen LogP contribution in [0.2, 0.25) is 0 Å². The highest BCUT2D eigenvalue weighted by molar-refractivity contribution is 6.03. The van der Waals surface area contributed by atoms with Crippen LogP contribution in [0.25, 0.3) is 0 Å². The van der Waals surface area contributed by atoms with E-state index in [-0.39, 0.29) is 11.8 Å². The lowest BCUT2D eigenvalue weighted by Crippen LogP contribution is -2.63. The molecule has 1 saturated heterocycles. The Morgan fingerprint density at radius 1 is 1.55 bits per heavy atom. The predicted octanol–water partition coefficient (Wildman–Crippen LogP) is 0.0262. The van der Waals surface area contributed by atoms with Crippen LogP contribution in [0.3, 0.4) is 0 Å². The molecule has 20 heavy (non-hydrogen) atoms. The molecule has 0 aromatic carbocycles. The van der Waals surface area contributed by atoms with Gasteiger partial charge in [0.25, 0.3) is 5.91 Å². The number of piperazine rings is 1. The third-order valence-electron chi connectivity index (χ3n) is 3.52. The van der Waals surface area contributed by atoms with E-state index in [1.54, 1.807) is 24.8 Å². The molecule has 0 bridgehead atoms. The molecule has 0 spiro atoms. The number of nitrogen functional groups attached to an aromatic ring is 1. The van der Waals surface area contributed by atoms with Crippen LogP contribution >= 0.6 is 0 Å². The van der Waals surface area contributed by atoms with Crippen molar-refractivity contribution in [2.45, 2.75) is 26.3 Å². The highest BCUT2D eigenvalue weighted by Gasteiger charge is 2.41. The average molecular weight is 277 g/mol. The minimum Gasteiger partial charge on any atom is -0.352 e. The van der Waals surface area contributed by atoms with E-state index in [0.717, 1.165) is 5.69 Å². The van der Waals surface area contributed by atoms with Crippen molar-refractivity contribution in [3.63, 3.8) is 0 Å². The lowest BCUT2D eigenvalue weighted by Gasteiger charge is -2.41. The molecule has 0 aliphatic carbocycles. The van der Waals surface area contributed by atoms with Crippen molar-refractivity contribution in [3.05, 3.63) is 23.5 Å². The lowest BCUT2D eigenvalue weighted by molar-refractivity contribution is -0.133. The highest BCUT2D eigenvalue weighted by atomic mass is 16.2. The van der Waals surface area contributed by atoms with Crippen molar-refractivity contribution < 1.29 is 9.59 Å². The summed E-state index contributed by atoms with van der Waals surface area (Å²) < 4.78 is 0. The summed E-state index contributed by atoms with van der Waals surface area (Å²) in [5.41, 5.74) is 3.23. The van der Waals surface area contributed by atoms with Gasteiger partial charge in [0, 0.05) is 25.0 Å². The lowest BCUT2D eigenvalue weighted by atomic mass is 9.97. The van der Waals surface area contributed by atoms with E-state index in [0.29, 0.717) is 24.3 Å². The summed E-state index contributed by atoms with van der Waals surface area (Å²) in [5, 5.41) is 2.76. The Labute approximate surface area is 117 Å². The number of carbonyl (C=O) groups excluding carboxylic acids is 2. The first-order valence-electron chi connectivity index (χ1n) is 6.41. The summed E-state index contributed by atoms with van der Waals surface area (Å²) in [6, 6.07) is 1.70. The largest absolute Gasteiger partial charge is 0.352 e. The summed E-state index contributed by atoms with van der Waals surface area (Å²) in [6.45, 7) is 6.15. The van der Waals surface area contributed by atoms with Gasteiger partial charge in [-0.25, -0.2) is 0 Å². The molecule has 4 N–H and O–H groups in total. The first-order chi connectivity index (χ1) is 9.37. The molecular formula is C13H19N5O2. The second kappa shape index (κ2) is 5.09. The maximum atomic E-state index is 12.7. The molecule has 7 heteroatoms. The van der Waals surface area contributed by atoms with Crippen LogP contribution in [0.15, 0.2) is 12.3 Å². The number of nitrogens with two attached hydrogens (primary N) is 1. The number of amides is 2. The van der Waals surface area contributed by atoms with E-state index >= 15 is 0 Å². The van der Waals surface area contributed by atoms with Gasteiger partial charge in [-0.2, -0.15) is 0 Å². The van der Waals surface area contributed by atoms with Gasteiger partial charge in [0.1, 0.15) is 5.54 Å². The third kappa shape index (κ3) is 2.32. The molecular weight excluding hydrogens is 258 g/mol. The Morgan fingerprint density at radius 3 is 2.90 bits per heavy atom. The molecule has 0 unspecified atom stereocenters. The maximum Gasteiger partial charge on any atom is 0.258 e. The van der Waals surface area contributed by atoms with Gasteiger partial charge >= 0.3 is 0 Å². The van der Waals surface area contributed by atoms with Gasteiger partial charge < -0.3 is 15.6 Å². The molecule has 1 aromatic rings. The number of aryl methyl sites for hydroxylation is 1. The number of hydrazine groups is 1. The van der Waals surface area contributed by atoms with Gasteiger partial charge in [0.15, 0.2) is 0 Å². The first kappa shape index (κ1) is 14.3. The van der Waals surface area contributed by atoms with Crippen LogP contribution in [-0.2, 0) is 4.79 Å². The third-order valence-corrected chi connectivity index (χ3v) is 3.52. The minimum absolute atomic E-state index is 0.167. The summed E-state index contributed by atoms with van der Waals surface area (Å²) in [5.74, 6) is 5.03. The van der Waals surface area contributed by atoms with Crippen LogP contribution in [0, 0.1) is 6.92 Å². The van der Waals surface area contributed by atoms with E-state index in [2.05, 4.69) is 15.7 Å². The smallest absolute Gasteiger partial charge is 0.258 e. The van der Waals surface area contributed by atoms with Gasteiger partial charge in [0.2, 0.25) is 5.91 Å². The van der Waals surface area contributed by atoms with Crippen molar-refractivity contribution in [1.29, 1.82) is 0 Å². The monoisotopic (exact) mass is 277 g/mol. The van der Waals surface area contributed by atoms with Crippen molar-refractivity contribution >= 4 is 17.5 Å². The molecule has 2 rings (SSSR count). The van der Waals surface area contributed by atoms with Gasteiger partial charge in [-0.05, 0) is 26.8 Å². The number of nitrogens with one attached hydrogen (secondary N) is 2. The van der Waals surface area contributed by atoms with Crippen LogP contribution < -0.4 is 16.6 Å². The molecule has 0 atom stereocenters. The molecule has 1 aliphatic rings. The van der Waals surface area contributed by atoms with Crippen molar-refractivity contribution in [3.8, 4) is 0 Å². The predicted molar refractivity (Wildman–Crippen MR) is 74.9 cm³/mol. The molecule has 2 amide bonds. The zero-order valence-corrected chi connectivity index (χ0v) is 11.9. The zero-order chi connectivity index (χ0) is 14.9. The van der Waals surface area contributed by atoms with Crippen LogP contribution in [0.4, 0.5) is 5.69 Å². The number of pyridine rings is 1. The van der Waals surface area contributed by atoms with Crippen molar-refractivity contribution in [1.82, 2.24) is 15.2 Å². The maximum absolute atomic E-state index is 12.7. The highest BCUT2D eigenvalue weighted by Crippen LogP contribution is 2.24. The number of aromatic nitrogens is 1. The van der Waals surface area contributed by atoms with Gasteiger partial charge in [0.05, 0.1) is 11.3 Å². The molecule has 2 heterocycles. The fraction of sp³-hybridized carbons (Fsp3) is 0.462. The second-order valence-corrected chi connectivity index (χ2v) is 5.29. The van der Waals surface area contributed by atoms with Gasteiger partial charge in [-0.1, -0.05) is 0 Å². The molecule has 0 radical (unpaired) electrons. The van der Waals surface area contributed by atoms with E-state index in [4.69, 9.17) is 5.84 Å². The Hall–Kier alpha value is -2.15. The number of hydrogen-bond donors (Lipinski definition) is 3. The number of anilines is 1. The Bertz CT molecular complexity index is 556. The van der Waals surface area contributed by atoms with Crippen molar-refractivity contribution in [2.75, 3.05) is 18.5 Å². The fourth-order valence-electron chi connectivity index (χ4n) is 2.25. The van der Waals surface area contributed by atoms with E-state index in [1.165, 1.54) is 6.20 Å². The van der Waals surface area contributed by atoms with Crippen LogP contribution in [-0.4, -0.2) is 40.3 Å². The summed E-state index contributed by atoms with van der Waals surface area (Å²) in [4.78, 5) is 30.2. The molecule has 7 nitrogen and oxygen atoms in total. The van der Waals surface area contributed by atoms with Gasteiger partial charge in [-0.3, -0.25) is 20.4 Å². The summed E-state index contributed by atoms with van der Waals surface area (Å²) >= 11 is 0. The number of carbonyl (C=O) groups is 2. The SMILES string of the molecule is Cc1cc(NN)c(C(=O)N2CCNC(=O)C2(C)C)cn1. The number of hydrogen-bond acceptors (Lipinski definition) is 5. The van der Waals surface area contributed by atoms with E-state index in [1.807, 2.05) is 6.92 Å². The standard InChI is InChI=1S/C13H19N5O2/c1-8-6-10(17-14)9(7-16-8)11(19)18-5-4-15-12(20)13(18,2)3/h6-7H,4-5,14H2,1-3H3,(H,15,20)(H,16,17). The Balaban J connectivity index is 2.38. The zero-order valence-electron chi connectivity index (χ0n) is 11.9. The van der Waals surface area contributed by atoms with E-state index in [9.17, 15) is 9.59 Å². The van der Waals surface area contributed by atoms with Crippen molar-refractivity contribution in [2.24, 2.45) is 5.84 Å². The molecule has 108 valence electrons. The van der Waals surface area contributed by atoms with Crippen LogP contribution in [0.1, 0.15) is 29.9 Å². The fourth-order valence-corrected chi connectivity index (χ4v) is 2.25. The normalized spacial score (nSPS) is 17.6. The van der Waals surface area contributed by atoms with Gasteiger partial charge in [-0.15, -0.1) is 0 Å². The Morgan fingerprint density at radius 2 is 2.25 bits per heavy atom. The molecule has 0 saturated carbocycles. The molecule has 1 aliphatic heterocycles. The quantitative estimate of drug-likeness (QED) is 0.523. The van der Waals surface area contributed by atoms with Crippen LogP contribution in [0.5, 0.6) is 0 Å². The molecule has 1 fully saturated rings. The number of nitrogens with zero attached hydrogens (tertiary/aromatic N) is 2. The minimum atomic E-state index is -0.897. The van der Waals surface area contributed by atoms with E-state index < -0.39 is 5.54 Å². The number of rotatable bonds is 2. The topological polar surface area (TPSA) is 100 Å².